The maximum absolute atomic E-state index is 13.2. The number of nitrogens with one attached hydrogen (secondary N) is 1. The number of nitro benzene ring substituents is 1. The molecule has 0 spiro atoms. The Morgan fingerprint density at radius 1 is 0.829 bits per heavy atom. The van der Waals surface area contributed by atoms with Crippen molar-refractivity contribution < 1.29 is 24.4 Å². The predicted molar refractivity (Wildman–Crippen MR) is 131 cm³/mol. The fourth-order valence-electron chi connectivity index (χ4n) is 3.50. The summed E-state index contributed by atoms with van der Waals surface area (Å²) in [5, 5.41) is 23.5. The highest BCUT2D eigenvalue weighted by Crippen LogP contribution is 2.29. The van der Waals surface area contributed by atoms with E-state index in [0.29, 0.717) is 0 Å². The molecule has 0 saturated carbocycles. The van der Waals surface area contributed by atoms with Crippen LogP contribution >= 0.6 is 0 Å². The van der Waals surface area contributed by atoms with E-state index in [9.17, 15) is 24.8 Å². The van der Waals surface area contributed by atoms with Crippen LogP contribution in [0.4, 0.5) is 11.4 Å². The zero-order valence-corrected chi connectivity index (χ0v) is 18.4. The van der Waals surface area contributed by atoms with Crippen molar-refractivity contribution in [1.82, 2.24) is 0 Å². The number of ether oxygens (including phenoxy) is 1. The second-order valence-corrected chi connectivity index (χ2v) is 7.60. The Balaban J connectivity index is 1.67. The summed E-state index contributed by atoms with van der Waals surface area (Å²) in [6.45, 7) is 0.0894. The Kier molecular flexibility index (Phi) is 6.83. The minimum Gasteiger partial charge on any atom is -0.488 e. The number of carbonyl (C=O) groups excluding carboxylic acids is 1. The molecule has 0 unspecified atom stereocenters. The van der Waals surface area contributed by atoms with Crippen molar-refractivity contribution in [3.05, 3.63) is 124 Å². The monoisotopic (exact) mass is 468 g/mol. The first-order valence-electron chi connectivity index (χ1n) is 10.6. The zero-order chi connectivity index (χ0) is 24.8. The van der Waals surface area contributed by atoms with Crippen LogP contribution < -0.4 is 10.1 Å². The van der Waals surface area contributed by atoms with Gasteiger partial charge >= 0.3 is 5.97 Å². The first-order chi connectivity index (χ1) is 16.9. The molecule has 0 aliphatic rings. The summed E-state index contributed by atoms with van der Waals surface area (Å²) in [4.78, 5) is 35.7. The third-order valence-electron chi connectivity index (χ3n) is 5.26. The summed E-state index contributed by atoms with van der Waals surface area (Å²) < 4.78 is 5.76. The predicted octanol–water partition coefficient (Wildman–Crippen LogP) is 5.79. The number of hydrogen-bond donors (Lipinski definition) is 2. The van der Waals surface area contributed by atoms with Crippen LogP contribution in [0, 0.1) is 10.1 Å². The van der Waals surface area contributed by atoms with Crippen molar-refractivity contribution in [3.8, 4) is 16.9 Å². The number of anilines is 1. The normalized spacial score (nSPS) is 10.4. The highest BCUT2D eigenvalue weighted by molar-refractivity contribution is 6.09. The Hall–Kier alpha value is -4.98. The Bertz CT molecular complexity index is 1390. The number of hydrogen-bond acceptors (Lipinski definition) is 5. The first kappa shape index (κ1) is 23.2. The number of carbonyl (C=O) groups is 2. The van der Waals surface area contributed by atoms with E-state index in [1.807, 2.05) is 60.7 Å². The molecule has 0 aliphatic carbocycles. The lowest BCUT2D eigenvalue weighted by atomic mass is 10.0. The van der Waals surface area contributed by atoms with Crippen LogP contribution in [0.2, 0.25) is 0 Å². The fourth-order valence-corrected chi connectivity index (χ4v) is 3.50. The molecule has 8 nitrogen and oxygen atoms in total. The van der Waals surface area contributed by atoms with Crippen LogP contribution in [0.25, 0.3) is 11.1 Å². The van der Waals surface area contributed by atoms with Gasteiger partial charge in [-0.05, 0) is 34.9 Å². The van der Waals surface area contributed by atoms with Gasteiger partial charge in [0.05, 0.1) is 27.8 Å². The van der Waals surface area contributed by atoms with Gasteiger partial charge in [0.1, 0.15) is 12.4 Å². The van der Waals surface area contributed by atoms with E-state index in [1.54, 1.807) is 12.1 Å². The zero-order valence-electron chi connectivity index (χ0n) is 18.4. The molecule has 0 radical (unpaired) electrons. The average Bonchev–Trinajstić information content (AvgIpc) is 2.88. The number of amides is 1. The van der Waals surface area contributed by atoms with Crippen molar-refractivity contribution in [2.24, 2.45) is 0 Å². The smallest absolute Gasteiger partial charge is 0.337 e. The van der Waals surface area contributed by atoms with Crippen molar-refractivity contribution in [2.45, 2.75) is 6.61 Å². The van der Waals surface area contributed by atoms with Gasteiger partial charge in [0.25, 0.3) is 11.6 Å². The van der Waals surface area contributed by atoms with Gasteiger partial charge in [0.15, 0.2) is 0 Å². The lowest BCUT2D eigenvalue weighted by Gasteiger charge is -2.14. The number of non-ortho nitro benzene ring substituents is 1. The van der Waals surface area contributed by atoms with Crippen molar-refractivity contribution in [3.63, 3.8) is 0 Å². The lowest BCUT2D eigenvalue weighted by Crippen LogP contribution is -2.16. The van der Waals surface area contributed by atoms with Gasteiger partial charge in [-0.25, -0.2) is 4.79 Å². The van der Waals surface area contributed by atoms with Crippen molar-refractivity contribution >= 4 is 23.3 Å². The molecule has 0 saturated heterocycles. The molecule has 4 aromatic rings. The van der Waals surface area contributed by atoms with E-state index < -0.39 is 16.8 Å². The number of nitrogens with zero attached hydrogens (tertiary/aromatic N) is 1. The Labute approximate surface area is 200 Å². The van der Waals surface area contributed by atoms with Gasteiger partial charge in [-0.2, -0.15) is 0 Å². The van der Waals surface area contributed by atoms with Crippen molar-refractivity contribution in [2.75, 3.05) is 5.32 Å². The van der Waals surface area contributed by atoms with Crippen LogP contribution in [0.3, 0.4) is 0 Å². The fraction of sp³-hybridized carbons (Fsp3) is 0.0370. The summed E-state index contributed by atoms with van der Waals surface area (Å²) in [5.74, 6) is -1.85. The molecule has 174 valence electrons. The van der Waals surface area contributed by atoms with Crippen LogP contribution in [-0.2, 0) is 6.61 Å². The Morgan fingerprint density at radius 2 is 1.49 bits per heavy atom. The summed E-state index contributed by atoms with van der Waals surface area (Å²) in [7, 11) is 0. The summed E-state index contributed by atoms with van der Waals surface area (Å²) in [5.41, 5.74) is 2.18. The van der Waals surface area contributed by atoms with E-state index in [0.717, 1.165) is 16.7 Å². The number of carboxylic acids is 1. The van der Waals surface area contributed by atoms with Gasteiger partial charge in [0, 0.05) is 6.07 Å². The second-order valence-electron chi connectivity index (χ2n) is 7.60. The van der Waals surface area contributed by atoms with E-state index >= 15 is 0 Å². The number of rotatable bonds is 8. The molecule has 0 atom stereocenters. The van der Waals surface area contributed by atoms with E-state index in [2.05, 4.69) is 5.32 Å². The third-order valence-corrected chi connectivity index (χ3v) is 5.26. The number of benzene rings is 4. The van der Waals surface area contributed by atoms with Gasteiger partial charge in [-0.1, -0.05) is 66.7 Å². The van der Waals surface area contributed by atoms with Crippen LogP contribution in [0.5, 0.6) is 5.75 Å². The summed E-state index contributed by atoms with van der Waals surface area (Å²) >= 11 is 0. The second kappa shape index (κ2) is 10.3. The minimum absolute atomic E-state index is 0.0108. The van der Waals surface area contributed by atoms with E-state index in [-0.39, 0.29) is 34.9 Å². The molecular weight excluding hydrogens is 448 g/mol. The van der Waals surface area contributed by atoms with Crippen LogP contribution in [0.1, 0.15) is 26.3 Å². The molecule has 0 aromatic heterocycles. The van der Waals surface area contributed by atoms with Crippen LogP contribution in [0.15, 0.2) is 97.1 Å². The van der Waals surface area contributed by atoms with Gasteiger partial charge < -0.3 is 15.2 Å². The molecule has 0 aliphatic heterocycles. The summed E-state index contributed by atoms with van der Waals surface area (Å²) in [6, 6.07) is 26.8. The average molecular weight is 468 g/mol. The SMILES string of the molecule is O=C(O)c1ccc(-c2ccccc2)cc1NC(=O)c1ccc([N+](=O)[O-])cc1OCc1ccccc1. The third kappa shape index (κ3) is 5.51. The van der Waals surface area contributed by atoms with Gasteiger partial charge in [0.2, 0.25) is 0 Å². The molecule has 35 heavy (non-hydrogen) atoms. The minimum atomic E-state index is -1.20. The molecule has 1 amide bonds. The van der Waals surface area contributed by atoms with E-state index in [4.69, 9.17) is 4.74 Å². The molecule has 0 bridgehead atoms. The maximum atomic E-state index is 13.2. The summed E-state index contributed by atoms with van der Waals surface area (Å²) in [6.07, 6.45) is 0. The molecule has 2 N–H and O–H groups in total. The Morgan fingerprint density at radius 3 is 2.14 bits per heavy atom. The highest BCUT2D eigenvalue weighted by Gasteiger charge is 2.20. The largest absolute Gasteiger partial charge is 0.488 e. The number of carboxylic acid groups (broad SMARTS) is 1. The molecular formula is C27H20N2O6. The molecule has 0 fully saturated rings. The molecule has 4 rings (SSSR count). The lowest BCUT2D eigenvalue weighted by molar-refractivity contribution is -0.384. The molecule has 0 heterocycles. The van der Waals surface area contributed by atoms with Crippen molar-refractivity contribution in [1.29, 1.82) is 0 Å². The van der Waals surface area contributed by atoms with Gasteiger partial charge in [-0.3, -0.25) is 14.9 Å². The standard InChI is InChI=1S/C27H20N2O6/c30-26(28-24-15-20(11-13-22(24)27(31)32)19-9-5-2-6-10-19)23-14-12-21(29(33)34)16-25(23)35-17-18-7-3-1-4-8-18/h1-16H,17H2,(H,28,30)(H,31,32). The number of nitro groups is 1. The maximum Gasteiger partial charge on any atom is 0.337 e. The quantitative estimate of drug-likeness (QED) is 0.249. The first-order valence-corrected chi connectivity index (χ1v) is 10.6. The van der Waals surface area contributed by atoms with Gasteiger partial charge in [-0.15, -0.1) is 0 Å². The van der Waals surface area contributed by atoms with E-state index in [1.165, 1.54) is 24.3 Å². The number of aromatic carboxylic acids is 1. The topological polar surface area (TPSA) is 119 Å². The highest BCUT2D eigenvalue weighted by atomic mass is 16.6. The molecule has 4 aromatic carbocycles. The van der Waals surface area contributed by atoms with Crippen LogP contribution in [-0.4, -0.2) is 21.9 Å². The molecule has 8 heteroatoms.